The zero-order chi connectivity index (χ0) is 22.0. The summed E-state index contributed by atoms with van der Waals surface area (Å²) in [5, 5.41) is 5.02. The Morgan fingerprint density at radius 2 is 1.90 bits per heavy atom. The van der Waals surface area contributed by atoms with Crippen molar-refractivity contribution in [1.82, 2.24) is 9.55 Å². The number of rotatable bonds is 5. The number of ether oxygens (including phenoxy) is 1. The number of esters is 1. The molecule has 0 unspecified atom stereocenters. The van der Waals surface area contributed by atoms with Crippen molar-refractivity contribution in [1.29, 1.82) is 0 Å². The molecule has 7 nitrogen and oxygen atoms in total. The number of nitrogens with zero attached hydrogens (tertiary/aromatic N) is 2. The number of methoxy groups -OCH3 is 1. The lowest BCUT2D eigenvalue weighted by molar-refractivity contribution is -0.116. The Morgan fingerprint density at radius 3 is 2.65 bits per heavy atom. The van der Waals surface area contributed by atoms with Crippen molar-refractivity contribution in [2.75, 3.05) is 12.4 Å². The Labute approximate surface area is 189 Å². The molecule has 0 aliphatic rings. The minimum atomic E-state index is -0.562. The average molecular weight is 498 g/mol. The average Bonchev–Trinajstić information content (AvgIpc) is 3.21. The fourth-order valence-corrected chi connectivity index (χ4v) is 4.32. The van der Waals surface area contributed by atoms with Gasteiger partial charge in [0.05, 0.1) is 30.1 Å². The van der Waals surface area contributed by atoms with Gasteiger partial charge in [-0.25, -0.2) is 9.78 Å². The van der Waals surface area contributed by atoms with E-state index >= 15 is 0 Å². The van der Waals surface area contributed by atoms with Gasteiger partial charge in [0.25, 0.3) is 5.56 Å². The molecule has 0 atom stereocenters. The van der Waals surface area contributed by atoms with Crippen LogP contribution in [-0.2, 0) is 16.1 Å². The number of thiophene rings is 1. The molecule has 2 aromatic heterocycles. The second-order valence-corrected chi connectivity index (χ2v) is 8.37. The minimum Gasteiger partial charge on any atom is -0.465 e. The molecule has 0 spiro atoms. The molecule has 31 heavy (non-hydrogen) atoms. The van der Waals surface area contributed by atoms with E-state index in [1.54, 1.807) is 24.3 Å². The summed E-state index contributed by atoms with van der Waals surface area (Å²) >= 11 is 4.79. The van der Waals surface area contributed by atoms with Gasteiger partial charge in [0.15, 0.2) is 0 Å². The maximum absolute atomic E-state index is 13.1. The van der Waals surface area contributed by atoms with Crippen LogP contribution in [0.3, 0.4) is 0 Å². The molecule has 0 radical (unpaired) electrons. The number of halogens is 1. The smallest absolute Gasteiger partial charge is 0.339 e. The number of hydrogen-bond acceptors (Lipinski definition) is 6. The molecule has 4 rings (SSSR count). The van der Waals surface area contributed by atoms with Crippen LogP contribution in [0, 0.1) is 0 Å². The van der Waals surface area contributed by atoms with E-state index < -0.39 is 11.9 Å². The summed E-state index contributed by atoms with van der Waals surface area (Å²) in [7, 11) is 1.27. The van der Waals surface area contributed by atoms with Gasteiger partial charge in [-0.3, -0.25) is 14.2 Å². The molecular formula is C22H16BrN3O4S. The fraction of sp³-hybridized carbons (Fsp3) is 0.0909. The molecule has 0 fully saturated rings. The van der Waals surface area contributed by atoms with E-state index in [0.29, 0.717) is 15.9 Å². The number of aromatic nitrogens is 2. The SMILES string of the molecule is COC(=O)c1ccccc1NC(=O)Cn1cnc2scc(-c3ccc(Br)cc3)c2c1=O. The predicted molar refractivity (Wildman–Crippen MR) is 123 cm³/mol. The molecule has 0 saturated heterocycles. The third-order valence-corrected chi connectivity index (χ3v) is 6.05. The van der Waals surface area contributed by atoms with Crippen molar-refractivity contribution in [2.24, 2.45) is 0 Å². The minimum absolute atomic E-state index is 0.231. The molecule has 156 valence electrons. The van der Waals surface area contributed by atoms with Crippen molar-refractivity contribution in [3.05, 3.63) is 80.6 Å². The van der Waals surface area contributed by atoms with Gasteiger partial charge in [0.1, 0.15) is 11.4 Å². The molecule has 0 saturated carbocycles. The van der Waals surface area contributed by atoms with Gasteiger partial charge in [-0.2, -0.15) is 0 Å². The Morgan fingerprint density at radius 1 is 1.16 bits per heavy atom. The first-order chi connectivity index (χ1) is 15.0. The van der Waals surface area contributed by atoms with Crippen LogP contribution < -0.4 is 10.9 Å². The zero-order valence-corrected chi connectivity index (χ0v) is 18.7. The monoisotopic (exact) mass is 497 g/mol. The van der Waals surface area contributed by atoms with Crippen LogP contribution in [-0.4, -0.2) is 28.5 Å². The highest BCUT2D eigenvalue weighted by Gasteiger charge is 2.17. The standard InChI is InChI=1S/C22H16BrN3O4S/c1-30-22(29)15-4-2-3-5-17(15)25-18(27)10-26-12-24-20-19(21(26)28)16(11-31-20)13-6-8-14(23)9-7-13/h2-9,11-12H,10H2,1H3,(H,25,27). The summed E-state index contributed by atoms with van der Waals surface area (Å²) in [4.78, 5) is 42.6. The Bertz CT molecular complexity index is 1350. The number of carbonyl (C=O) groups excluding carboxylic acids is 2. The summed E-state index contributed by atoms with van der Waals surface area (Å²) in [5.74, 6) is -1.02. The van der Waals surface area contributed by atoms with E-state index in [1.165, 1.54) is 29.3 Å². The first kappa shape index (κ1) is 21.0. The van der Waals surface area contributed by atoms with Gasteiger partial charge < -0.3 is 10.1 Å². The third kappa shape index (κ3) is 4.28. The highest BCUT2D eigenvalue weighted by molar-refractivity contribution is 9.10. The number of fused-ring (bicyclic) bond motifs is 1. The Kier molecular flexibility index (Phi) is 5.97. The molecule has 2 aromatic carbocycles. The molecule has 0 bridgehead atoms. The van der Waals surface area contributed by atoms with E-state index in [0.717, 1.165) is 15.6 Å². The van der Waals surface area contributed by atoms with Crippen LogP contribution in [0.15, 0.2) is 69.5 Å². The summed E-state index contributed by atoms with van der Waals surface area (Å²) in [6, 6.07) is 14.1. The topological polar surface area (TPSA) is 90.3 Å². The number of nitrogens with one attached hydrogen (secondary N) is 1. The zero-order valence-electron chi connectivity index (χ0n) is 16.3. The van der Waals surface area contributed by atoms with Gasteiger partial charge >= 0.3 is 5.97 Å². The molecule has 0 aliphatic carbocycles. The lowest BCUT2D eigenvalue weighted by Gasteiger charge is -2.10. The fourth-order valence-electron chi connectivity index (χ4n) is 3.15. The highest BCUT2D eigenvalue weighted by Crippen LogP contribution is 2.31. The second-order valence-electron chi connectivity index (χ2n) is 6.60. The quantitative estimate of drug-likeness (QED) is 0.414. The Hall–Kier alpha value is -3.30. The third-order valence-electron chi connectivity index (χ3n) is 4.64. The van der Waals surface area contributed by atoms with Crippen molar-refractivity contribution in [3.63, 3.8) is 0 Å². The highest BCUT2D eigenvalue weighted by atomic mass is 79.9. The van der Waals surface area contributed by atoms with Crippen LogP contribution in [0.4, 0.5) is 5.69 Å². The van der Waals surface area contributed by atoms with Crippen LogP contribution in [0.25, 0.3) is 21.3 Å². The number of benzene rings is 2. The predicted octanol–water partition coefficient (Wildman–Crippen LogP) is 4.31. The lowest BCUT2D eigenvalue weighted by atomic mass is 10.1. The molecule has 1 N–H and O–H groups in total. The maximum Gasteiger partial charge on any atom is 0.339 e. The van der Waals surface area contributed by atoms with Gasteiger partial charge in [-0.05, 0) is 29.8 Å². The van der Waals surface area contributed by atoms with Crippen molar-refractivity contribution < 1.29 is 14.3 Å². The number of carbonyl (C=O) groups is 2. The van der Waals surface area contributed by atoms with Gasteiger partial charge in [0.2, 0.25) is 5.91 Å². The molecule has 1 amide bonds. The van der Waals surface area contributed by atoms with E-state index in [-0.39, 0.29) is 17.7 Å². The number of hydrogen-bond donors (Lipinski definition) is 1. The maximum atomic E-state index is 13.1. The number of para-hydroxylation sites is 1. The molecule has 4 aromatic rings. The van der Waals surface area contributed by atoms with Crippen molar-refractivity contribution in [3.8, 4) is 11.1 Å². The van der Waals surface area contributed by atoms with Crippen LogP contribution >= 0.6 is 27.3 Å². The summed E-state index contributed by atoms with van der Waals surface area (Å²) < 4.78 is 6.94. The second kappa shape index (κ2) is 8.83. The molecule has 9 heteroatoms. The Balaban J connectivity index is 1.64. The number of anilines is 1. The van der Waals surface area contributed by atoms with Gasteiger partial charge in [-0.1, -0.05) is 40.2 Å². The first-order valence-corrected chi connectivity index (χ1v) is 10.8. The van der Waals surface area contributed by atoms with E-state index in [1.807, 2.05) is 29.6 Å². The normalized spacial score (nSPS) is 10.8. The summed E-state index contributed by atoms with van der Waals surface area (Å²) in [6.07, 6.45) is 1.36. The van der Waals surface area contributed by atoms with E-state index in [2.05, 4.69) is 26.2 Å². The van der Waals surface area contributed by atoms with Crippen LogP contribution in [0.2, 0.25) is 0 Å². The van der Waals surface area contributed by atoms with Gasteiger partial charge in [0, 0.05) is 15.4 Å². The van der Waals surface area contributed by atoms with Gasteiger partial charge in [-0.15, -0.1) is 11.3 Å². The molecule has 2 heterocycles. The first-order valence-electron chi connectivity index (χ1n) is 9.17. The largest absolute Gasteiger partial charge is 0.465 e. The lowest BCUT2D eigenvalue weighted by Crippen LogP contribution is -2.28. The summed E-state index contributed by atoms with van der Waals surface area (Å²) in [5.41, 5.74) is 1.90. The molecule has 0 aliphatic heterocycles. The van der Waals surface area contributed by atoms with Crippen molar-refractivity contribution in [2.45, 2.75) is 6.54 Å². The number of amides is 1. The summed E-state index contributed by atoms with van der Waals surface area (Å²) in [6.45, 7) is -0.243. The van der Waals surface area contributed by atoms with Crippen LogP contribution in [0.1, 0.15) is 10.4 Å². The van der Waals surface area contributed by atoms with E-state index in [4.69, 9.17) is 4.74 Å². The van der Waals surface area contributed by atoms with Crippen LogP contribution in [0.5, 0.6) is 0 Å². The molecular weight excluding hydrogens is 482 g/mol. The van der Waals surface area contributed by atoms with E-state index in [9.17, 15) is 14.4 Å². The van der Waals surface area contributed by atoms with Crippen molar-refractivity contribution >= 4 is 55.0 Å².